The third-order valence-electron chi connectivity index (χ3n) is 13.7. The molecular weight excluding hydrogens is 524 g/mol. The predicted molar refractivity (Wildman–Crippen MR) is 169 cm³/mol. The minimum Gasteiger partial charge on any atom is -0.393 e. The average molecular weight is 589 g/mol. The third kappa shape index (κ3) is 6.49. The molecule has 5 fully saturated rings. The quantitative estimate of drug-likeness (QED) is 0.186. The van der Waals surface area contributed by atoms with E-state index >= 15 is 0 Å². The predicted octanol–water partition coefficient (Wildman–Crippen LogP) is 6.65. The number of methoxy groups -OCH3 is 1. The Morgan fingerprint density at radius 3 is 2.50 bits per heavy atom. The fourth-order valence-electron chi connectivity index (χ4n) is 11.2. The van der Waals surface area contributed by atoms with Crippen molar-refractivity contribution >= 4 is 5.91 Å². The van der Waals surface area contributed by atoms with E-state index in [9.17, 15) is 9.90 Å². The zero-order valence-electron chi connectivity index (χ0n) is 27.9. The van der Waals surface area contributed by atoms with Gasteiger partial charge in [-0.05, 0) is 136 Å². The molecule has 242 valence electrons. The first kappa shape index (κ1) is 32.7. The van der Waals surface area contributed by atoms with Gasteiger partial charge in [-0.2, -0.15) is 0 Å². The fraction of sp³-hybridized carbons (Fsp3) is 0.972. The van der Waals surface area contributed by atoms with Gasteiger partial charge >= 0.3 is 0 Å². The SMILES string of the molecule is COCO[C@@H]1C[C@H]2C[C@@H](NCCCN3CCCC3=O)CC[C@]2(C)[C@H]2CC[C@]3(C)[C@@H]([C@H](C)CC[C@H](O)C(C)C)CC[C@H]3[C@H]12. The number of ether oxygens (including phenoxy) is 2. The maximum absolute atomic E-state index is 12.0. The molecule has 4 saturated carbocycles. The van der Waals surface area contributed by atoms with Crippen LogP contribution in [0.25, 0.3) is 0 Å². The maximum atomic E-state index is 12.0. The Morgan fingerprint density at radius 2 is 1.79 bits per heavy atom. The number of hydrogen-bond acceptors (Lipinski definition) is 5. The van der Waals surface area contributed by atoms with E-state index in [1.165, 1.54) is 51.4 Å². The standard InChI is InChI=1S/C36H64N2O4/c1-24(2)31(39)13-10-25(3)28-11-12-29-34-30(15-17-36(28,29)5)35(4)16-14-27(21-26(35)22-32(34)42-23-41-6)37-18-8-20-38-19-7-9-33(38)40/h24-32,34,37,39H,7-23H2,1-6H3/t25-,26-,27+,28-,29+,30+,31+,32-,34+,35+,36-/m1/s1. The van der Waals surface area contributed by atoms with Gasteiger partial charge in [0.05, 0.1) is 12.2 Å². The molecule has 1 saturated heterocycles. The van der Waals surface area contributed by atoms with E-state index in [4.69, 9.17) is 9.47 Å². The van der Waals surface area contributed by atoms with Crippen molar-refractivity contribution in [1.82, 2.24) is 10.2 Å². The van der Waals surface area contributed by atoms with Crippen LogP contribution in [0.1, 0.15) is 118 Å². The number of amides is 1. The van der Waals surface area contributed by atoms with Gasteiger partial charge in [-0.3, -0.25) is 4.79 Å². The molecular formula is C36H64N2O4. The molecule has 6 heteroatoms. The van der Waals surface area contributed by atoms with Crippen LogP contribution in [0.15, 0.2) is 0 Å². The Labute approximate surface area is 257 Å². The van der Waals surface area contributed by atoms with Gasteiger partial charge in [0, 0.05) is 32.7 Å². The van der Waals surface area contributed by atoms with Crippen molar-refractivity contribution in [3.05, 3.63) is 0 Å². The van der Waals surface area contributed by atoms with Gasteiger partial charge in [-0.1, -0.05) is 34.6 Å². The van der Waals surface area contributed by atoms with Crippen LogP contribution in [0, 0.1) is 52.3 Å². The number of nitrogens with zero attached hydrogens (tertiary/aromatic N) is 1. The van der Waals surface area contributed by atoms with Gasteiger partial charge in [0.1, 0.15) is 6.79 Å². The minimum absolute atomic E-state index is 0.172. The van der Waals surface area contributed by atoms with Crippen LogP contribution in [-0.2, 0) is 14.3 Å². The van der Waals surface area contributed by atoms with E-state index < -0.39 is 0 Å². The van der Waals surface area contributed by atoms with E-state index in [-0.39, 0.29) is 6.10 Å². The highest BCUT2D eigenvalue weighted by Gasteiger charge is 2.63. The average Bonchev–Trinajstić information content (AvgIpc) is 3.54. The molecule has 1 amide bonds. The van der Waals surface area contributed by atoms with Gasteiger partial charge in [0.2, 0.25) is 5.91 Å². The van der Waals surface area contributed by atoms with Crippen molar-refractivity contribution in [2.24, 2.45) is 52.3 Å². The lowest BCUT2D eigenvalue weighted by Gasteiger charge is -2.63. The number of rotatable bonds is 13. The molecule has 5 aliphatic rings. The van der Waals surface area contributed by atoms with Crippen LogP contribution in [-0.4, -0.2) is 67.7 Å². The molecule has 0 unspecified atom stereocenters. The first-order valence-corrected chi connectivity index (χ1v) is 17.9. The Morgan fingerprint density at radius 1 is 1.02 bits per heavy atom. The second kappa shape index (κ2) is 13.7. The lowest BCUT2D eigenvalue weighted by Crippen LogP contribution is -2.60. The number of carbonyl (C=O) groups excluding carboxylic acids is 1. The lowest BCUT2D eigenvalue weighted by atomic mass is 9.43. The lowest BCUT2D eigenvalue weighted by molar-refractivity contribution is -0.203. The monoisotopic (exact) mass is 588 g/mol. The summed E-state index contributed by atoms with van der Waals surface area (Å²) in [7, 11) is 1.77. The Balaban J connectivity index is 1.23. The third-order valence-corrected chi connectivity index (χ3v) is 13.7. The molecule has 0 aromatic heterocycles. The molecule has 0 spiro atoms. The van der Waals surface area contributed by atoms with E-state index in [0.29, 0.717) is 59.3 Å². The van der Waals surface area contributed by atoms with E-state index in [0.717, 1.165) is 69.5 Å². The second-order valence-electron chi connectivity index (χ2n) is 16.2. The van der Waals surface area contributed by atoms with Gasteiger partial charge in [-0.15, -0.1) is 0 Å². The number of carbonyl (C=O) groups is 1. The van der Waals surface area contributed by atoms with E-state index in [1.807, 2.05) is 0 Å². The minimum atomic E-state index is -0.172. The zero-order valence-corrected chi connectivity index (χ0v) is 27.9. The van der Waals surface area contributed by atoms with E-state index in [1.54, 1.807) is 7.11 Å². The highest BCUT2D eigenvalue weighted by atomic mass is 16.7. The van der Waals surface area contributed by atoms with Gasteiger partial charge in [0.15, 0.2) is 0 Å². The van der Waals surface area contributed by atoms with Crippen molar-refractivity contribution in [1.29, 1.82) is 0 Å². The van der Waals surface area contributed by atoms with Crippen LogP contribution in [0.4, 0.5) is 0 Å². The molecule has 0 bridgehead atoms. The molecule has 6 nitrogen and oxygen atoms in total. The van der Waals surface area contributed by atoms with E-state index in [2.05, 4.69) is 44.8 Å². The molecule has 1 aliphatic heterocycles. The summed E-state index contributed by atoms with van der Waals surface area (Å²) in [4.78, 5) is 14.0. The topological polar surface area (TPSA) is 71.0 Å². The number of likely N-dealkylation sites (tertiary alicyclic amines) is 1. The smallest absolute Gasteiger partial charge is 0.222 e. The summed E-state index contributed by atoms with van der Waals surface area (Å²) in [6.07, 6.45) is 15.5. The number of nitrogens with one attached hydrogen (secondary N) is 1. The van der Waals surface area contributed by atoms with Crippen LogP contribution in [0.3, 0.4) is 0 Å². The Hall–Kier alpha value is -0.690. The molecule has 42 heavy (non-hydrogen) atoms. The molecule has 2 N–H and O–H groups in total. The van der Waals surface area contributed by atoms with Crippen molar-refractivity contribution < 1.29 is 19.4 Å². The molecule has 11 atom stereocenters. The van der Waals surface area contributed by atoms with Crippen LogP contribution in [0.5, 0.6) is 0 Å². The van der Waals surface area contributed by atoms with Gasteiger partial charge < -0.3 is 24.8 Å². The summed E-state index contributed by atoms with van der Waals surface area (Å²) in [5.41, 5.74) is 0.793. The molecule has 1 heterocycles. The summed E-state index contributed by atoms with van der Waals surface area (Å²) in [5.74, 6) is 4.94. The fourth-order valence-corrected chi connectivity index (χ4v) is 11.2. The summed E-state index contributed by atoms with van der Waals surface area (Å²) in [6, 6.07) is 0.587. The number of hydrogen-bond donors (Lipinski definition) is 2. The normalized spacial score (nSPS) is 41.5. The molecule has 5 rings (SSSR count). The summed E-state index contributed by atoms with van der Waals surface area (Å²) < 4.78 is 12.1. The molecule has 0 aromatic carbocycles. The van der Waals surface area contributed by atoms with Crippen LogP contribution >= 0.6 is 0 Å². The molecule has 0 radical (unpaired) electrons. The maximum Gasteiger partial charge on any atom is 0.222 e. The first-order valence-electron chi connectivity index (χ1n) is 17.9. The van der Waals surface area contributed by atoms with Crippen molar-refractivity contribution in [3.63, 3.8) is 0 Å². The highest BCUT2D eigenvalue weighted by Crippen LogP contribution is 2.68. The van der Waals surface area contributed by atoms with Crippen molar-refractivity contribution in [3.8, 4) is 0 Å². The molecule has 0 aromatic rings. The van der Waals surface area contributed by atoms with Crippen molar-refractivity contribution in [2.45, 2.75) is 136 Å². The highest BCUT2D eigenvalue weighted by molar-refractivity contribution is 5.77. The van der Waals surface area contributed by atoms with Crippen LogP contribution < -0.4 is 5.32 Å². The summed E-state index contributed by atoms with van der Waals surface area (Å²) >= 11 is 0. The summed E-state index contributed by atoms with van der Waals surface area (Å²) in [6.45, 7) is 15.3. The van der Waals surface area contributed by atoms with Crippen molar-refractivity contribution in [2.75, 3.05) is 33.5 Å². The number of aliphatic hydroxyl groups excluding tert-OH is 1. The number of fused-ring (bicyclic) bond motifs is 5. The number of aliphatic hydroxyl groups is 1. The summed E-state index contributed by atoms with van der Waals surface area (Å²) in [5, 5.41) is 14.4. The largest absolute Gasteiger partial charge is 0.393 e. The van der Waals surface area contributed by atoms with Crippen LogP contribution in [0.2, 0.25) is 0 Å². The first-order chi connectivity index (χ1) is 20.1. The Bertz CT molecular complexity index is 898. The van der Waals surface area contributed by atoms with Gasteiger partial charge in [0.25, 0.3) is 0 Å². The Kier molecular flexibility index (Phi) is 10.7. The molecule has 4 aliphatic carbocycles. The van der Waals surface area contributed by atoms with Gasteiger partial charge in [-0.25, -0.2) is 0 Å². The second-order valence-corrected chi connectivity index (χ2v) is 16.2. The zero-order chi connectivity index (χ0) is 30.1.